The largest absolute Gasteiger partial charge is 0.373 e. The van der Waals surface area contributed by atoms with Gasteiger partial charge >= 0.3 is 6.03 Å². The molecule has 21 heavy (non-hydrogen) atoms. The molecule has 1 atom stereocenters. The van der Waals surface area contributed by atoms with Crippen molar-refractivity contribution in [1.29, 1.82) is 0 Å². The van der Waals surface area contributed by atoms with Crippen LogP contribution in [-0.2, 0) is 24.2 Å². The van der Waals surface area contributed by atoms with Crippen molar-refractivity contribution < 1.29 is 9.53 Å². The van der Waals surface area contributed by atoms with E-state index in [4.69, 9.17) is 4.74 Å². The lowest BCUT2D eigenvalue weighted by Crippen LogP contribution is -2.42. The van der Waals surface area contributed by atoms with E-state index in [1.807, 2.05) is 13.8 Å². The van der Waals surface area contributed by atoms with Crippen LogP contribution in [0.3, 0.4) is 0 Å². The van der Waals surface area contributed by atoms with Crippen molar-refractivity contribution >= 4 is 6.03 Å². The molecule has 2 aliphatic rings. The highest BCUT2D eigenvalue weighted by Crippen LogP contribution is 2.24. The van der Waals surface area contributed by atoms with Crippen molar-refractivity contribution in [2.75, 3.05) is 6.61 Å². The van der Waals surface area contributed by atoms with E-state index < -0.39 is 0 Å². The molecule has 1 unspecified atom stereocenters. The van der Waals surface area contributed by atoms with Crippen LogP contribution in [0.2, 0.25) is 0 Å². The lowest BCUT2D eigenvalue weighted by molar-refractivity contribution is 0.0358. The summed E-state index contributed by atoms with van der Waals surface area (Å²) in [6.45, 7) is 6.19. The summed E-state index contributed by atoms with van der Waals surface area (Å²) in [5.74, 6) is 1.14. The maximum absolute atomic E-state index is 11.9. The Labute approximate surface area is 125 Å². The number of nitrogens with one attached hydrogen (secondary N) is 2. The Morgan fingerprint density at radius 2 is 2.38 bits per heavy atom. The van der Waals surface area contributed by atoms with Gasteiger partial charge in [-0.3, -0.25) is 0 Å². The Kier molecular flexibility index (Phi) is 3.89. The predicted octanol–water partition coefficient (Wildman–Crippen LogP) is 1.59. The summed E-state index contributed by atoms with van der Waals surface area (Å²) in [7, 11) is 0. The lowest BCUT2D eigenvalue weighted by atomic mass is 10.0. The molecular formula is C15H24N4O2. The fourth-order valence-corrected chi connectivity index (χ4v) is 3.09. The van der Waals surface area contributed by atoms with Gasteiger partial charge in [0, 0.05) is 19.2 Å². The van der Waals surface area contributed by atoms with E-state index in [1.54, 1.807) is 0 Å². The van der Waals surface area contributed by atoms with Crippen molar-refractivity contribution in [3.05, 3.63) is 17.7 Å². The summed E-state index contributed by atoms with van der Waals surface area (Å²) in [6, 6.07) is -0.0533. The molecule has 6 heteroatoms. The van der Waals surface area contributed by atoms with Crippen LogP contribution in [0.1, 0.15) is 44.6 Å². The standard InChI is InChI=1S/C15H24N4O2/c1-15(2)7-11(10-21-15)18-14(20)16-8-12-9-19-6-4-3-5-13(19)17-12/h9,11H,3-8,10H2,1-2H3,(H2,16,18,20). The van der Waals surface area contributed by atoms with E-state index in [1.165, 1.54) is 12.8 Å². The summed E-state index contributed by atoms with van der Waals surface area (Å²) in [4.78, 5) is 16.5. The van der Waals surface area contributed by atoms with Gasteiger partial charge in [0.05, 0.1) is 30.5 Å². The van der Waals surface area contributed by atoms with E-state index in [-0.39, 0.29) is 17.7 Å². The summed E-state index contributed by atoms with van der Waals surface area (Å²) in [6.07, 6.45) is 6.37. The number of carbonyl (C=O) groups is 1. The van der Waals surface area contributed by atoms with E-state index in [9.17, 15) is 4.79 Å². The van der Waals surface area contributed by atoms with Crippen LogP contribution in [0.5, 0.6) is 0 Å². The number of aryl methyl sites for hydroxylation is 2. The van der Waals surface area contributed by atoms with Crippen LogP contribution < -0.4 is 10.6 Å². The quantitative estimate of drug-likeness (QED) is 0.889. The minimum absolute atomic E-state index is 0.0928. The first-order valence-corrected chi connectivity index (χ1v) is 7.75. The van der Waals surface area contributed by atoms with E-state index in [0.717, 1.165) is 30.9 Å². The first kappa shape index (κ1) is 14.4. The minimum Gasteiger partial charge on any atom is -0.373 e. The molecule has 0 spiro atoms. The summed E-state index contributed by atoms with van der Waals surface area (Å²) < 4.78 is 7.81. The molecule has 0 bridgehead atoms. The minimum atomic E-state index is -0.146. The third kappa shape index (κ3) is 3.56. The lowest BCUT2D eigenvalue weighted by Gasteiger charge is -2.16. The SMILES string of the molecule is CC1(C)CC(NC(=O)NCc2cn3c(n2)CCCC3)CO1. The van der Waals surface area contributed by atoms with Crippen molar-refractivity contribution in [1.82, 2.24) is 20.2 Å². The number of fused-ring (bicyclic) bond motifs is 1. The van der Waals surface area contributed by atoms with E-state index >= 15 is 0 Å². The van der Waals surface area contributed by atoms with Gasteiger partial charge in [0.25, 0.3) is 0 Å². The second-order valence-corrected chi connectivity index (χ2v) is 6.60. The zero-order valence-corrected chi connectivity index (χ0v) is 12.8. The average molecular weight is 292 g/mol. The molecule has 6 nitrogen and oxygen atoms in total. The maximum atomic E-state index is 11.9. The molecule has 1 fully saturated rings. The summed E-state index contributed by atoms with van der Waals surface area (Å²) in [5.41, 5.74) is 0.797. The first-order valence-electron chi connectivity index (χ1n) is 7.75. The van der Waals surface area contributed by atoms with Gasteiger partial charge in [-0.2, -0.15) is 0 Å². The van der Waals surface area contributed by atoms with E-state index in [0.29, 0.717) is 13.2 Å². The molecule has 1 aromatic heterocycles. The van der Waals surface area contributed by atoms with Gasteiger partial charge in [0.2, 0.25) is 0 Å². The van der Waals surface area contributed by atoms with Gasteiger partial charge in [-0.1, -0.05) is 0 Å². The zero-order valence-electron chi connectivity index (χ0n) is 12.8. The third-order valence-electron chi connectivity index (χ3n) is 4.14. The van der Waals surface area contributed by atoms with Gasteiger partial charge in [0.1, 0.15) is 5.82 Å². The molecule has 1 aromatic rings. The van der Waals surface area contributed by atoms with E-state index in [2.05, 4.69) is 26.4 Å². The highest BCUT2D eigenvalue weighted by atomic mass is 16.5. The molecule has 0 aromatic carbocycles. The maximum Gasteiger partial charge on any atom is 0.315 e. The monoisotopic (exact) mass is 292 g/mol. The Hall–Kier alpha value is -1.56. The molecule has 2 aliphatic heterocycles. The molecule has 1 saturated heterocycles. The van der Waals surface area contributed by atoms with Gasteiger partial charge in [-0.25, -0.2) is 9.78 Å². The van der Waals surface area contributed by atoms with Gasteiger partial charge in [-0.15, -0.1) is 0 Å². The fraction of sp³-hybridized carbons (Fsp3) is 0.733. The number of nitrogens with zero attached hydrogens (tertiary/aromatic N) is 2. The number of imidazole rings is 1. The summed E-state index contributed by atoms with van der Waals surface area (Å²) >= 11 is 0. The van der Waals surface area contributed by atoms with Crippen LogP contribution >= 0.6 is 0 Å². The number of urea groups is 1. The molecule has 0 radical (unpaired) electrons. The van der Waals surface area contributed by atoms with Crippen molar-refractivity contribution in [2.45, 2.75) is 64.3 Å². The molecule has 3 heterocycles. The number of hydrogen-bond acceptors (Lipinski definition) is 3. The van der Waals surface area contributed by atoms with Crippen molar-refractivity contribution in [2.24, 2.45) is 0 Å². The smallest absolute Gasteiger partial charge is 0.315 e. The fourth-order valence-electron chi connectivity index (χ4n) is 3.09. The van der Waals surface area contributed by atoms with Crippen LogP contribution in [0.4, 0.5) is 4.79 Å². The van der Waals surface area contributed by atoms with Gasteiger partial charge in [-0.05, 0) is 33.1 Å². The number of ether oxygens (including phenoxy) is 1. The third-order valence-corrected chi connectivity index (χ3v) is 4.14. The zero-order chi connectivity index (χ0) is 14.9. The summed E-state index contributed by atoms with van der Waals surface area (Å²) in [5, 5.41) is 5.84. The Morgan fingerprint density at radius 3 is 3.10 bits per heavy atom. The molecule has 116 valence electrons. The second-order valence-electron chi connectivity index (χ2n) is 6.60. The number of rotatable bonds is 3. The van der Waals surface area contributed by atoms with Crippen LogP contribution in [0.15, 0.2) is 6.20 Å². The predicted molar refractivity (Wildman–Crippen MR) is 79.0 cm³/mol. The molecule has 2 N–H and O–H groups in total. The molecule has 0 aliphatic carbocycles. The molecule has 0 saturated carbocycles. The normalized spacial score (nSPS) is 23.6. The van der Waals surface area contributed by atoms with Crippen molar-refractivity contribution in [3.8, 4) is 0 Å². The average Bonchev–Trinajstić information content (AvgIpc) is 2.99. The van der Waals surface area contributed by atoms with Crippen LogP contribution in [0, 0.1) is 0 Å². The number of hydrogen-bond donors (Lipinski definition) is 2. The van der Waals surface area contributed by atoms with Gasteiger partial charge < -0.3 is 19.9 Å². The Balaban J connectivity index is 1.46. The molecule has 2 amide bonds. The molecule has 3 rings (SSSR count). The number of amides is 2. The highest BCUT2D eigenvalue weighted by Gasteiger charge is 2.32. The Morgan fingerprint density at radius 1 is 1.52 bits per heavy atom. The Bertz CT molecular complexity index is 500. The molecular weight excluding hydrogens is 268 g/mol. The number of carbonyl (C=O) groups excluding carboxylic acids is 1. The second kappa shape index (κ2) is 5.67. The van der Waals surface area contributed by atoms with Gasteiger partial charge in [0.15, 0.2) is 0 Å². The first-order chi connectivity index (χ1) is 10.0. The highest BCUT2D eigenvalue weighted by molar-refractivity contribution is 5.74. The topological polar surface area (TPSA) is 68.2 Å². The van der Waals surface area contributed by atoms with Crippen LogP contribution in [-0.4, -0.2) is 33.8 Å². The van der Waals surface area contributed by atoms with Crippen molar-refractivity contribution in [3.63, 3.8) is 0 Å². The number of aromatic nitrogens is 2. The van der Waals surface area contributed by atoms with Crippen LogP contribution in [0.25, 0.3) is 0 Å².